The third-order valence-corrected chi connectivity index (χ3v) is 3.11. The van der Waals surface area contributed by atoms with E-state index in [0.29, 0.717) is 6.61 Å². The molecule has 92 valence electrons. The third-order valence-electron chi connectivity index (χ3n) is 3.11. The molecule has 0 spiro atoms. The summed E-state index contributed by atoms with van der Waals surface area (Å²) in [5.74, 6) is 0.384. The van der Waals surface area contributed by atoms with Gasteiger partial charge in [0.25, 0.3) is 0 Å². The summed E-state index contributed by atoms with van der Waals surface area (Å²) < 4.78 is 18.5. The van der Waals surface area contributed by atoms with Crippen molar-refractivity contribution in [2.75, 3.05) is 13.2 Å². The Balaban J connectivity index is 2.17. The van der Waals surface area contributed by atoms with Crippen molar-refractivity contribution < 1.29 is 14.2 Å². The molecule has 1 fully saturated rings. The van der Waals surface area contributed by atoms with E-state index in [1.807, 2.05) is 31.2 Å². The largest absolute Gasteiger partial charge is 0.494 e. The van der Waals surface area contributed by atoms with Crippen LogP contribution in [0.25, 0.3) is 0 Å². The summed E-state index contributed by atoms with van der Waals surface area (Å²) in [6.45, 7) is 2.07. The first-order chi connectivity index (χ1) is 8.20. The van der Waals surface area contributed by atoms with E-state index < -0.39 is 12.4 Å². The zero-order valence-corrected chi connectivity index (χ0v) is 9.95. The van der Waals surface area contributed by atoms with Crippen LogP contribution >= 0.6 is 0 Å². The molecule has 1 aliphatic rings. The summed E-state index contributed by atoms with van der Waals surface area (Å²) in [6.07, 6.45) is 3.42. The molecule has 0 aromatic heterocycles. The van der Waals surface area contributed by atoms with Gasteiger partial charge in [-0.25, -0.2) is 4.39 Å². The summed E-state index contributed by atoms with van der Waals surface area (Å²) >= 11 is 0. The molecule has 0 radical (unpaired) electrons. The highest BCUT2D eigenvalue weighted by Gasteiger charge is 2.42. The Morgan fingerprint density at radius 1 is 1.41 bits per heavy atom. The van der Waals surface area contributed by atoms with Gasteiger partial charge in [-0.05, 0) is 43.5 Å². The van der Waals surface area contributed by atoms with Gasteiger partial charge in [-0.3, -0.25) is 0 Å². The molecule has 1 aromatic carbocycles. The lowest BCUT2D eigenvalue weighted by Gasteiger charge is -2.12. The van der Waals surface area contributed by atoms with E-state index in [9.17, 15) is 4.39 Å². The molecule has 17 heavy (non-hydrogen) atoms. The zero-order chi connectivity index (χ0) is 12.3. The molecule has 0 saturated heterocycles. The van der Waals surface area contributed by atoms with Crippen LogP contribution in [0.3, 0.4) is 0 Å². The van der Waals surface area contributed by atoms with Crippen LogP contribution < -0.4 is 4.74 Å². The standard InChI is InChI=1S/C14H17FO2/c1-2-17-13-5-3-11(4-6-13)14(7-8-14)9-12(15)10-16/h3-6,9,16H,2,7-8,10H2,1H3/b12-9-. The fourth-order valence-electron chi connectivity index (χ4n) is 2.05. The SMILES string of the molecule is CCOc1ccc(C2(/C=C(\F)CO)CC2)cc1. The number of hydrogen-bond donors (Lipinski definition) is 1. The van der Waals surface area contributed by atoms with Gasteiger partial charge in [-0.2, -0.15) is 0 Å². The number of aliphatic hydroxyl groups excluding tert-OH is 1. The fourth-order valence-corrected chi connectivity index (χ4v) is 2.05. The minimum absolute atomic E-state index is 0.197. The van der Waals surface area contributed by atoms with Gasteiger partial charge in [0.15, 0.2) is 0 Å². The second-order valence-electron chi connectivity index (χ2n) is 4.36. The summed E-state index contributed by atoms with van der Waals surface area (Å²) in [4.78, 5) is 0. The van der Waals surface area contributed by atoms with Crippen molar-refractivity contribution in [2.24, 2.45) is 0 Å². The fraction of sp³-hybridized carbons (Fsp3) is 0.429. The molecule has 0 heterocycles. The van der Waals surface area contributed by atoms with Crippen molar-refractivity contribution in [3.63, 3.8) is 0 Å². The molecule has 0 bridgehead atoms. The maximum Gasteiger partial charge on any atom is 0.122 e. The Morgan fingerprint density at radius 2 is 2.06 bits per heavy atom. The second-order valence-corrected chi connectivity index (χ2v) is 4.36. The molecule has 0 unspecified atom stereocenters. The minimum atomic E-state index is -0.515. The molecule has 3 heteroatoms. The predicted octanol–water partition coefficient (Wildman–Crippen LogP) is 2.96. The topological polar surface area (TPSA) is 29.5 Å². The molecule has 1 saturated carbocycles. The lowest BCUT2D eigenvalue weighted by molar-refractivity contribution is 0.296. The van der Waals surface area contributed by atoms with E-state index in [2.05, 4.69) is 0 Å². The van der Waals surface area contributed by atoms with E-state index in [1.165, 1.54) is 0 Å². The maximum atomic E-state index is 13.1. The number of ether oxygens (including phenoxy) is 1. The van der Waals surface area contributed by atoms with Gasteiger partial charge in [0.2, 0.25) is 0 Å². The monoisotopic (exact) mass is 236 g/mol. The number of hydrogen-bond acceptors (Lipinski definition) is 2. The molecule has 0 amide bonds. The lowest BCUT2D eigenvalue weighted by Crippen LogP contribution is -2.04. The van der Waals surface area contributed by atoms with Crippen molar-refractivity contribution >= 4 is 0 Å². The van der Waals surface area contributed by atoms with Crippen molar-refractivity contribution in [3.8, 4) is 5.75 Å². The molecule has 1 aliphatic carbocycles. The van der Waals surface area contributed by atoms with Crippen molar-refractivity contribution in [2.45, 2.75) is 25.2 Å². The second kappa shape index (κ2) is 4.88. The first kappa shape index (κ1) is 12.1. The Labute approximate surface area is 101 Å². The number of benzene rings is 1. The van der Waals surface area contributed by atoms with Crippen LogP contribution in [0.5, 0.6) is 5.75 Å². The van der Waals surface area contributed by atoms with Gasteiger partial charge in [0.05, 0.1) is 13.2 Å². The molecular formula is C14H17FO2. The smallest absolute Gasteiger partial charge is 0.122 e. The molecule has 2 rings (SSSR count). The molecule has 0 atom stereocenters. The van der Waals surface area contributed by atoms with Gasteiger partial charge in [0.1, 0.15) is 11.6 Å². The highest BCUT2D eigenvalue weighted by molar-refractivity contribution is 5.40. The number of allylic oxidation sites excluding steroid dienone is 1. The summed E-state index contributed by atoms with van der Waals surface area (Å²) in [6, 6.07) is 7.76. The van der Waals surface area contributed by atoms with Gasteiger partial charge >= 0.3 is 0 Å². The van der Waals surface area contributed by atoms with Crippen LogP contribution in [0.2, 0.25) is 0 Å². The van der Waals surface area contributed by atoms with E-state index in [0.717, 1.165) is 24.2 Å². The Morgan fingerprint density at radius 3 is 2.53 bits per heavy atom. The highest BCUT2D eigenvalue weighted by atomic mass is 19.1. The van der Waals surface area contributed by atoms with Crippen LogP contribution in [0.1, 0.15) is 25.3 Å². The Hall–Kier alpha value is -1.35. The average Bonchev–Trinajstić information content (AvgIpc) is 3.11. The maximum absolute atomic E-state index is 13.1. The van der Waals surface area contributed by atoms with Crippen LogP contribution in [0.4, 0.5) is 4.39 Å². The predicted molar refractivity (Wildman–Crippen MR) is 64.8 cm³/mol. The van der Waals surface area contributed by atoms with Crippen LogP contribution in [0.15, 0.2) is 36.2 Å². The van der Waals surface area contributed by atoms with Gasteiger partial charge in [-0.1, -0.05) is 12.1 Å². The first-order valence-electron chi connectivity index (χ1n) is 5.91. The van der Waals surface area contributed by atoms with E-state index >= 15 is 0 Å². The molecular weight excluding hydrogens is 219 g/mol. The van der Waals surface area contributed by atoms with Gasteiger partial charge in [0, 0.05) is 5.41 Å². The van der Waals surface area contributed by atoms with Crippen molar-refractivity contribution in [1.29, 1.82) is 0 Å². The number of halogens is 1. The first-order valence-corrected chi connectivity index (χ1v) is 5.91. The Kier molecular flexibility index (Phi) is 3.48. The number of rotatable bonds is 5. The minimum Gasteiger partial charge on any atom is -0.494 e. The summed E-state index contributed by atoms with van der Waals surface area (Å²) in [7, 11) is 0. The van der Waals surface area contributed by atoms with Crippen molar-refractivity contribution in [1.82, 2.24) is 0 Å². The molecule has 0 aliphatic heterocycles. The quantitative estimate of drug-likeness (QED) is 0.851. The van der Waals surface area contributed by atoms with E-state index in [4.69, 9.17) is 9.84 Å². The van der Waals surface area contributed by atoms with Crippen molar-refractivity contribution in [3.05, 3.63) is 41.7 Å². The van der Waals surface area contributed by atoms with Crippen LogP contribution in [0, 0.1) is 0 Å². The van der Waals surface area contributed by atoms with Gasteiger partial charge in [-0.15, -0.1) is 0 Å². The molecule has 1 N–H and O–H groups in total. The van der Waals surface area contributed by atoms with Crippen LogP contribution in [-0.4, -0.2) is 18.3 Å². The number of aliphatic hydroxyl groups is 1. The average molecular weight is 236 g/mol. The molecule has 2 nitrogen and oxygen atoms in total. The lowest BCUT2D eigenvalue weighted by atomic mass is 9.95. The normalized spacial score (nSPS) is 17.9. The summed E-state index contributed by atoms with van der Waals surface area (Å²) in [5.41, 5.74) is 0.891. The molecule has 1 aromatic rings. The highest BCUT2D eigenvalue weighted by Crippen LogP contribution is 2.50. The van der Waals surface area contributed by atoms with Gasteiger partial charge < -0.3 is 9.84 Å². The summed E-state index contributed by atoms with van der Waals surface area (Å²) in [5, 5.41) is 8.72. The zero-order valence-electron chi connectivity index (χ0n) is 9.95. The Bertz CT molecular complexity index is 405. The van der Waals surface area contributed by atoms with Crippen LogP contribution in [-0.2, 0) is 5.41 Å². The van der Waals surface area contributed by atoms with E-state index in [-0.39, 0.29) is 5.41 Å². The third kappa shape index (κ3) is 2.67. The van der Waals surface area contributed by atoms with E-state index in [1.54, 1.807) is 6.08 Å².